The maximum absolute atomic E-state index is 12.2. The van der Waals surface area contributed by atoms with Gasteiger partial charge in [-0.15, -0.1) is 0 Å². The van der Waals surface area contributed by atoms with Crippen LogP contribution in [0, 0.1) is 5.92 Å². The molecule has 152 valence electrons. The van der Waals surface area contributed by atoms with Gasteiger partial charge in [0, 0.05) is 18.4 Å². The zero-order valence-corrected chi connectivity index (χ0v) is 17.3. The number of methoxy groups -OCH3 is 1. The Morgan fingerprint density at radius 1 is 1.14 bits per heavy atom. The van der Waals surface area contributed by atoms with E-state index in [2.05, 4.69) is 36.3 Å². The van der Waals surface area contributed by atoms with E-state index in [9.17, 15) is 9.59 Å². The van der Waals surface area contributed by atoms with Gasteiger partial charge < -0.3 is 14.5 Å². The van der Waals surface area contributed by atoms with Gasteiger partial charge in [0.15, 0.2) is 11.7 Å². The van der Waals surface area contributed by atoms with Crippen LogP contribution in [0.15, 0.2) is 34.9 Å². The fourth-order valence-electron chi connectivity index (χ4n) is 2.91. The van der Waals surface area contributed by atoms with E-state index in [1.54, 1.807) is 6.20 Å². The number of aromatic nitrogens is 1. The van der Waals surface area contributed by atoms with Crippen molar-refractivity contribution in [3.63, 3.8) is 0 Å². The molecule has 0 spiro atoms. The van der Waals surface area contributed by atoms with E-state index in [-0.39, 0.29) is 18.2 Å². The van der Waals surface area contributed by atoms with Gasteiger partial charge in [-0.25, -0.2) is 9.78 Å². The van der Waals surface area contributed by atoms with E-state index in [1.807, 2.05) is 26.0 Å². The van der Waals surface area contributed by atoms with Gasteiger partial charge in [0.05, 0.1) is 13.3 Å². The van der Waals surface area contributed by atoms with E-state index in [0.717, 1.165) is 5.56 Å². The Kier molecular flexibility index (Phi) is 7.79. The molecule has 6 nitrogen and oxygen atoms in total. The maximum atomic E-state index is 12.2. The number of hydrogen-bond acceptors (Lipinski definition) is 5. The molecule has 28 heavy (non-hydrogen) atoms. The summed E-state index contributed by atoms with van der Waals surface area (Å²) in [6.07, 6.45) is 2.77. The number of rotatable bonds is 9. The van der Waals surface area contributed by atoms with E-state index in [1.165, 1.54) is 12.7 Å². The van der Waals surface area contributed by atoms with Crippen molar-refractivity contribution in [2.45, 2.75) is 58.9 Å². The quantitative estimate of drug-likeness (QED) is 0.656. The topological polar surface area (TPSA) is 81.4 Å². The molecule has 0 fully saturated rings. The number of amides is 1. The number of nitrogens with zero attached hydrogens (tertiary/aromatic N) is 1. The highest BCUT2D eigenvalue weighted by atomic mass is 16.5. The van der Waals surface area contributed by atoms with Crippen LogP contribution in [0.25, 0.3) is 11.3 Å². The molecule has 1 aromatic heterocycles. The average molecular weight is 386 g/mol. The third kappa shape index (κ3) is 6.22. The first-order valence-corrected chi connectivity index (χ1v) is 9.72. The molecule has 1 aromatic carbocycles. The Balaban J connectivity index is 1.92. The summed E-state index contributed by atoms with van der Waals surface area (Å²) >= 11 is 0. The lowest BCUT2D eigenvalue weighted by atomic mass is 10.0. The van der Waals surface area contributed by atoms with Gasteiger partial charge in [0.1, 0.15) is 6.04 Å². The molecule has 0 aliphatic heterocycles. The molecule has 0 saturated carbocycles. The average Bonchev–Trinajstić information content (AvgIpc) is 3.14. The van der Waals surface area contributed by atoms with Crippen LogP contribution in [-0.2, 0) is 20.7 Å². The number of benzene rings is 1. The summed E-state index contributed by atoms with van der Waals surface area (Å²) < 4.78 is 10.5. The fourth-order valence-corrected chi connectivity index (χ4v) is 2.91. The van der Waals surface area contributed by atoms with Crippen LogP contribution >= 0.6 is 0 Å². The molecule has 1 atom stereocenters. The normalized spacial score (nSPS) is 12.2. The van der Waals surface area contributed by atoms with Gasteiger partial charge in [0.2, 0.25) is 5.91 Å². The highest BCUT2D eigenvalue weighted by Gasteiger charge is 2.22. The van der Waals surface area contributed by atoms with Crippen molar-refractivity contribution in [2.75, 3.05) is 7.11 Å². The monoisotopic (exact) mass is 386 g/mol. The summed E-state index contributed by atoms with van der Waals surface area (Å²) in [4.78, 5) is 28.3. The Labute approximate surface area is 166 Å². The smallest absolute Gasteiger partial charge is 0.328 e. The highest BCUT2D eigenvalue weighted by molar-refractivity contribution is 5.84. The van der Waals surface area contributed by atoms with Crippen molar-refractivity contribution in [2.24, 2.45) is 5.92 Å². The highest BCUT2D eigenvalue weighted by Crippen LogP contribution is 2.23. The number of aryl methyl sites for hydroxylation is 1. The number of carbonyl (C=O) groups excluding carboxylic acids is 2. The zero-order valence-electron chi connectivity index (χ0n) is 17.3. The first kappa shape index (κ1) is 21.7. The van der Waals surface area contributed by atoms with Gasteiger partial charge in [-0.2, -0.15) is 0 Å². The number of esters is 1. The first-order chi connectivity index (χ1) is 13.3. The molecule has 0 radical (unpaired) electrons. The molecule has 2 rings (SSSR count). The molecule has 2 aromatic rings. The van der Waals surface area contributed by atoms with Gasteiger partial charge in [0.25, 0.3) is 0 Å². The lowest BCUT2D eigenvalue weighted by molar-refractivity contribution is -0.145. The Hall–Kier alpha value is -2.63. The van der Waals surface area contributed by atoms with Gasteiger partial charge in [-0.1, -0.05) is 52.0 Å². The van der Waals surface area contributed by atoms with E-state index < -0.39 is 12.0 Å². The molecule has 0 aliphatic carbocycles. The zero-order chi connectivity index (χ0) is 20.7. The lowest BCUT2D eigenvalue weighted by Gasteiger charge is -2.18. The van der Waals surface area contributed by atoms with Crippen molar-refractivity contribution in [3.05, 3.63) is 41.9 Å². The second-order valence-electron chi connectivity index (χ2n) is 7.67. The van der Waals surface area contributed by atoms with Crippen molar-refractivity contribution in [1.82, 2.24) is 10.3 Å². The van der Waals surface area contributed by atoms with Crippen molar-refractivity contribution in [3.8, 4) is 11.3 Å². The summed E-state index contributed by atoms with van der Waals surface area (Å²) in [7, 11) is 1.32. The predicted molar refractivity (Wildman–Crippen MR) is 108 cm³/mol. The van der Waals surface area contributed by atoms with Gasteiger partial charge >= 0.3 is 5.97 Å². The summed E-state index contributed by atoms with van der Waals surface area (Å²) in [5, 5.41) is 2.74. The predicted octanol–water partition coefficient (Wildman–Crippen LogP) is 4.10. The molecule has 1 amide bonds. The Bertz CT molecular complexity index is 778. The van der Waals surface area contributed by atoms with Crippen LogP contribution < -0.4 is 5.32 Å². The minimum atomic E-state index is -0.628. The molecular weight excluding hydrogens is 356 g/mol. The first-order valence-electron chi connectivity index (χ1n) is 9.72. The largest absolute Gasteiger partial charge is 0.467 e. The van der Waals surface area contributed by atoms with Crippen LogP contribution in [0.5, 0.6) is 0 Å². The number of hydrogen-bond donors (Lipinski definition) is 1. The second kappa shape index (κ2) is 10.1. The van der Waals surface area contributed by atoms with Gasteiger partial charge in [-0.05, 0) is 23.8 Å². The fraction of sp³-hybridized carbons (Fsp3) is 0.500. The molecule has 6 heteroatoms. The van der Waals surface area contributed by atoms with Crippen molar-refractivity contribution < 1.29 is 18.7 Å². The second-order valence-corrected chi connectivity index (χ2v) is 7.67. The minimum absolute atomic E-state index is 0.192. The standard InChI is InChI=1S/C22H30N2O4/c1-14(2)12-18(22(26)27-5)24-20(25)10-11-21-23-13-19(28-21)17-8-6-16(7-9-17)15(3)4/h6-9,13-15,18H,10-12H2,1-5H3,(H,24,25). The van der Waals surface area contributed by atoms with Crippen LogP contribution in [0.2, 0.25) is 0 Å². The molecule has 0 saturated heterocycles. The van der Waals surface area contributed by atoms with Crippen LogP contribution in [0.3, 0.4) is 0 Å². The third-order valence-electron chi connectivity index (χ3n) is 4.51. The lowest BCUT2D eigenvalue weighted by Crippen LogP contribution is -2.42. The van der Waals surface area contributed by atoms with Crippen LogP contribution in [-0.4, -0.2) is 30.0 Å². The summed E-state index contributed by atoms with van der Waals surface area (Å²) in [6, 6.07) is 7.56. The van der Waals surface area contributed by atoms with Gasteiger partial charge in [-0.3, -0.25) is 4.79 Å². The summed E-state index contributed by atoms with van der Waals surface area (Å²) in [6.45, 7) is 8.28. The van der Waals surface area contributed by atoms with E-state index >= 15 is 0 Å². The third-order valence-corrected chi connectivity index (χ3v) is 4.51. The number of oxazole rings is 1. The van der Waals surface area contributed by atoms with E-state index in [4.69, 9.17) is 9.15 Å². The Morgan fingerprint density at radius 2 is 1.82 bits per heavy atom. The molecule has 0 bridgehead atoms. The number of carbonyl (C=O) groups is 2. The summed E-state index contributed by atoms with van der Waals surface area (Å²) in [5.41, 5.74) is 2.22. The molecule has 1 heterocycles. The molecule has 1 unspecified atom stereocenters. The van der Waals surface area contributed by atoms with E-state index in [0.29, 0.717) is 30.4 Å². The van der Waals surface area contributed by atoms with Crippen molar-refractivity contribution in [1.29, 1.82) is 0 Å². The molecule has 0 aliphatic rings. The minimum Gasteiger partial charge on any atom is -0.467 e. The van der Waals surface area contributed by atoms with Crippen LogP contribution in [0.1, 0.15) is 57.9 Å². The van der Waals surface area contributed by atoms with Crippen molar-refractivity contribution >= 4 is 11.9 Å². The Morgan fingerprint density at radius 3 is 2.39 bits per heavy atom. The maximum Gasteiger partial charge on any atom is 0.328 e. The van der Waals surface area contributed by atoms with Crippen LogP contribution in [0.4, 0.5) is 0 Å². The SMILES string of the molecule is COC(=O)C(CC(C)C)NC(=O)CCc1ncc(-c2ccc(C(C)C)cc2)o1. The number of nitrogens with one attached hydrogen (secondary N) is 1. The summed E-state index contributed by atoms with van der Waals surface area (Å²) in [5.74, 6) is 1.26. The number of ether oxygens (including phenoxy) is 1. The molecular formula is C22H30N2O4. The molecule has 1 N–H and O–H groups in total.